The zero-order valence-corrected chi connectivity index (χ0v) is 19.3. The molecule has 3 aromatic carbocycles. The lowest BCUT2D eigenvalue weighted by atomic mass is 10.1. The minimum Gasteiger partial charge on any atom is -0.446 e. The molecule has 0 unspecified atom stereocenters. The molecule has 32 heavy (non-hydrogen) atoms. The Labute approximate surface area is 195 Å². The van der Waals surface area contributed by atoms with Crippen molar-refractivity contribution in [3.63, 3.8) is 0 Å². The lowest BCUT2D eigenvalue weighted by Gasteiger charge is -2.19. The summed E-state index contributed by atoms with van der Waals surface area (Å²) in [6, 6.07) is 21.2. The summed E-state index contributed by atoms with van der Waals surface area (Å²) < 4.78 is 6.31. The largest absolute Gasteiger partial charge is 0.446 e. The van der Waals surface area contributed by atoms with Crippen LogP contribution in [0, 0.1) is 13.8 Å². The molecule has 2 amide bonds. The van der Waals surface area contributed by atoms with E-state index >= 15 is 0 Å². The number of benzene rings is 3. The van der Waals surface area contributed by atoms with E-state index in [-0.39, 0.29) is 6.54 Å². The first-order valence-corrected chi connectivity index (χ1v) is 10.8. The number of amides is 2. The molecule has 0 radical (unpaired) electrons. The van der Waals surface area contributed by atoms with Crippen LogP contribution in [-0.4, -0.2) is 24.3 Å². The minimum absolute atomic E-state index is 0.366. The van der Waals surface area contributed by atoms with E-state index in [0.29, 0.717) is 16.8 Å². The fraction of sp³-hybridized carbons (Fsp3) is 0.160. The Balaban J connectivity index is 1.69. The van der Waals surface area contributed by atoms with Crippen molar-refractivity contribution in [3.05, 3.63) is 99.5 Å². The molecular weight excluding hydrogens is 472 g/mol. The van der Waals surface area contributed by atoms with Crippen LogP contribution in [0.2, 0.25) is 0 Å². The topological polar surface area (TPSA) is 84.5 Å². The van der Waals surface area contributed by atoms with Crippen molar-refractivity contribution in [2.75, 3.05) is 11.9 Å². The third kappa shape index (κ3) is 6.28. The predicted octanol–water partition coefficient (Wildman–Crippen LogP) is 4.72. The molecule has 3 aromatic rings. The number of anilines is 1. The monoisotopic (exact) mass is 494 g/mol. The summed E-state index contributed by atoms with van der Waals surface area (Å²) in [5, 5.41) is 5.36. The van der Waals surface area contributed by atoms with Crippen LogP contribution in [0.4, 0.5) is 5.69 Å². The van der Waals surface area contributed by atoms with Gasteiger partial charge in [0.15, 0.2) is 0 Å². The summed E-state index contributed by atoms with van der Waals surface area (Å²) in [5.74, 6) is -1.61. The number of hydrogen-bond donors (Lipinski definition) is 2. The van der Waals surface area contributed by atoms with E-state index in [1.54, 1.807) is 48.5 Å². The highest BCUT2D eigenvalue weighted by atomic mass is 79.9. The standard InChI is InChI=1S/C25H23BrN2O4/c1-16-8-9-17(2)21(14-16)28-25(31)23(18-6-4-3-5-7-18)32-22(29)15-27-24(30)19-10-12-20(26)13-11-19/h3-14,23H,15H2,1-2H3,(H,27,30)(H,28,31)/t23-/m0/s1. The molecule has 164 valence electrons. The van der Waals surface area contributed by atoms with E-state index in [0.717, 1.165) is 15.6 Å². The van der Waals surface area contributed by atoms with E-state index in [9.17, 15) is 14.4 Å². The van der Waals surface area contributed by atoms with Crippen molar-refractivity contribution < 1.29 is 19.1 Å². The van der Waals surface area contributed by atoms with Gasteiger partial charge in [0.2, 0.25) is 6.10 Å². The summed E-state index contributed by atoms with van der Waals surface area (Å²) in [7, 11) is 0. The van der Waals surface area contributed by atoms with Crippen molar-refractivity contribution in [1.29, 1.82) is 0 Å². The van der Waals surface area contributed by atoms with Crippen LogP contribution in [0.15, 0.2) is 77.3 Å². The summed E-state index contributed by atoms with van der Waals surface area (Å²) in [5.41, 5.74) is 3.48. The number of esters is 1. The molecule has 0 aliphatic rings. The molecule has 0 aromatic heterocycles. The van der Waals surface area contributed by atoms with Gasteiger partial charge in [-0.2, -0.15) is 0 Å². The van der Waals surface area contributed by atoms with E-state index in [1.165, 1.54) is 0 Å². The van der Waals surface area contributed by atoms with Gasteiger partial charge in [-0.3, -0.25) is 14.4 Å². The second-order valence-corrected chi connectivity index (χ2v) is 8.19. The van der Waals surface area contributed by atoms with Crippen LogP contribution >= 0.6 is 15.9 Å². The van der Waals surface area contributed by atoms with Gasteiger partial charge in [0.1, 0.15) is 6.54 Å². The molecule has 0 spiro atoms. The average molecular weight is 495 g/mol. The number of carbonyl (C=O) groups excluding carboxylic acids is 3. The highest BCUT2D eigenvalue weighted by Crippen LogP contribution is 2.22. The molecular formula is C25H23BrN2O4. The Morgan fingerprint density at radius 3 is 2.31 bits per heavy atom. The van der Waals surface area contributed by atoms with Gasteiger partial charge in [0.05, 0.1) is 0 Å². The van der Waals surface area contributed by atoms with Crippen LogP contribution in [0.5, 0.6) is 0 Å². The highest BCUT2D eigenvalue weighted by Gasteiger charge is 2.25. The van der Waals surface area contributed by atoms with Gasteiger partial charge in [-0.25, -0.2) is 0 Å². The second kappa shape index (κ2) is 10.7. The fourth-order valence-electron chi connectivity index (χ4n) is 3.00. The number of aryl methyl sites for hydroxylation is 2. The molecule has 3 rings (SSSR count). The Morgan fingerprint density at radius 2 is 1.62 bits per heavy atom. The molecule has 0 saturated carbocycles. The molecule has 2 N–H and O–H groups in total. The normalized spacial score (nSPS) is 11.3. The zero-order valence-electron chi connectivity index (χ0n) is 17.7. The maximum absolute atomic E-state index is 13.0. The first-order valence-electron chi connectivity index (χ1n) is 10.00. The van der Waals surface area contributed by atoms with E-state index < -0.39 is 23.9 Å². The number of hydrogen-bond acceptors (Lipinski definition) is 4. The Bertz CT molecular complexity index is 1110. The molecule has 0 aliphatic heterocycles. The molecule has 0 saturated heterocycles. The van der Waals surface area contributed by atoms with Crippen molar-refractivity contribution in [2.45, 2.75) is 20.0 Å². The number of rotatable bonds is 7. The number of nitrogens with one attached hydrogen (secondary N) is 2. The lowest BCUT2D eigenvalue weighted by molar-refractivity contribution is -0.153. The molecule has 0 fully saturated rings. The summed E-state index contributed by atoms with van der Waals surface area (Å²) in [6.07, 6.45) is -1.16. The fourth-order valence-corrected chi connectivity index (χ4v) is 3.26. The molecule has 0 bridgehead atoms. The van der Waals surface area contributed by atoms with Crippen LogP contribution in [0.1, 0.15) is 33.2 Å². The first kappa shape index (κ1) is 23.2. The third-order valence-electron chi connectivity index (χ3n) is 4.74. The van der Waals surface area contributed by atoms with Crippen LogP contribution < -0.4 is 10.6 Å². The quantitative estimate of drug-likeness (QED) is 0.465. The van der Waals surface area contributed by atoms with Crippen molar-refractivity contribution in [1.82, 2.24) is 5.32 Å². The maximum Gasteiger partial charge on any atom is 0.326 e. The Kier molecular flexibility index (Phi) is 7.78. The summed E-state index contributed by atoms with van der Waals surface area (Å²) >= 11 is 3.31. The van der Waals surface area contributed by atoms with Crippen LogP contribution in [-0.2, 0) is 14.3 Å². The first-order chi connectivity index (χ1) is 15.3. The lowest BCUT2D eigenvalue weighted by Crippen LogP contribution is -2.33. The summed E-state index contributed by atoms with van der Waals surface area (Å²) in [4.78, 5) is 37.7. The van der Waals surface area contributed by atoms with E-state index in [1.807, 2.05) is 38.1 Å². The minimum atomic E-state index is -1.16. The molecule has 6 nitrogen and oxygen atoms in total. The van der Waals surface area contributed by atoms with E-state index in [4.69, 9.17) is 4.74 Å². The van der Waals surface area contributed by atoms with Gasteiger partial charge < -0.3 is 15.4 Å². The van der Waals surface area contributed by atoms with Crippen LogP contribution in [0.3, 0.4) is 0 Å². The SMILES string of the molecule is Cc1ccc(C)c(NC(=O)[C@@H](OC(=O)CNC(=O)c2ccc(Br)cc2)c2ccccc2)c1. The van der Waals surface area contributed by atoms with Crippen molar-refractivity contribution in [3.8, 4) is 0 Å². The molecule has 0 aliphatic carbocycles. The maximum atomic E-state index is 13.0. The third-order valence-corrected chi connectivity index (χ3v) is 5.27. The van der Waals surface area contributed by atoms with E-state index in [2.05, 4.69) is 26.6 Å². The van der Waals surface area contributed by atoms with Crippen molar-refractivity contribution in [2.24, 2.45) is 0 Å². The summed E-state index contributed by atoms with van der Waals surface area (Å²) in [6.45, 7) is 3.45. The van der Waals surface area contributed by atoms with Gasteiger partial charge in [-0.1, -0.05) is 58.4 Å². The van der Waals surface area contributed by atoms with Gasteiger partial charge in [-0.05, 0) is 55.3 Å². The van der Waals surface area contributed by atoms with Gasteiger partial charge >= 0.3 is 5.97 Å². The highest BCUT2D eigenvalue weighted by molar-refractivity contribution is 9.10. The number of halogens is 1. The number of ether oxygens (including phenoxy) is 1. The number of carbonyl (C=O) groups is 3. The van der Waals surface area contributed by atoms with Gasteiger partial charge in [0.25, 0.3) is 11.8 Å². The Hall–Kier alpha value is -3.45. The predicted molar refractivity (Wildman–Crippen MR) is 126 cm³/mol. The smallest absolute Gasteiger partial charge is 0.326 e. The molecule has 1 atom stereocenters. The molecule has 0 heterocycles. The molecule has 7 heteroatoms. The second-order valence-electron chi connectivity index (χ2n) is 7.28. The van der Waals surface area contributed by atoms with Gasteiger partial charge in [0, 0.05) is 21.3 Å². The average Bonchev–Trinajstić information content (AvgIpc) is 2.79. The van der Waals surface area contributed by atoms with Crippen molar-refractivity contribution >= 4 is 39.4 Å². The van der Waals surface area contributed by atoms with Crippen LogP contribution in [0.25, 0.3) is 0 Å². The zero-order chi connectivity index (χ0) is 23.1. The van der Waals surface area contributed by atoms with Gasteiger partial charge in [-0.15, -0.1) is 0 Å². The Morgan fingerprint density at radius 1 is 0.938 bits per heavy atom.